The van der Waals surface area contributed by atoms with Gasteiger partial charge in [0.15, 0.2) is 9.84 Å². The van der Waals surface area contributed by atoms with Gasteiger partial charge in [0.2, 0.25) is 5.91 Å². The first-order valence-electron chi connectivity index (χ1n) is 10.4. The Balaban J connectivity index is 1.89. The van der Waals surface area contributed by atoms with E-state index in [1.807, 2.05) is 0 Å². The molecule has 0 saturated heterocycles. The van der Waals surface area contributed by atoms with Gasteiger partial charge in [-0.1, -0.05) is 42.5 Å². The van der Waals surface area contributed by atoms with E-state index in [2.05, 4.69) is 23.3 Å². The number of carbonyl (C=O) groups is 1. The lowest BCUT2D eigenvalue weighted by molar-refractivity contribution is -0.160. The van der Waals surface area contributed by atoms with Crippen LogP contribution >= 0.6 is 12.6 Å². The van der Waals surface area contributed by atoms with Crippen LogP contribution in [0.5, 0.6) is 5.75 Å². The zero-order valence-corrected chi connectivity index (χ0v) is 19.7. The Morgan fingerprint density at radius 3 is 2.21 bits per heavy atom. The Hall–Kier alpha value is -2.28. The van der Waals surface area contributed by atoms with Crippen LogP contribution in [0.3, 0.4) is 0 Å². The summed E-state index contributed by atoms with van der Waals surface area (Å²) in [6.07, 6.45) is -3.89. The van der Waals surface area contributed by atoms with Crippen LogP contribution < -0.4 is 16.4 Å². The lowest BCUT2D eigenvalue weighted by Gasteiger charge is -2.29. The maximum Gasteiger partial charge on any atom is 0.407 e. The van der Waals surface area contributed by atoms with Gasteiger partial charge in [0.1, 0.15) is 17.8 Å². The summed E-state index contributed by atoms with van der Waals surface area (Å²) in [5, 5.41) is 13.5. The number of phenolic OH excluding ortho intramolecular Hbond substituents is 1. The molecule has 2 aromatic rings. The van der Waals surface area contributed by atoms with Crippen molar-refractivity contribution in [3.8, 4) is 5.75 Å². The number of benzene rings is 2. The van der Waals surface area contributed by atoms with Crippen molar-refractivity contribution < 1.29 is 31.5 Å². The Morgan fingerprint density at radius 1 is 1.12 bits per heavy atom. The number of sulfone groups is 1. The molecule has 0 spiro atoms. The molecule has 5 N–H and O–H groups in total. The van der Waals surface area contributed by atoms with Crippen molar-refractivity contribution in [1.82, 2.24) is 10.6 Å². The van der Waals surface area contributed by atoms with Crippen molar-refractivity contribution in [3.05, 3.63) is 65.7 Å². The average Bonchev–Trinajstić information content (AvgIpc) is 3.52. The summed E-state index contributed by atoms with van der Waals surface area (Å²) >= 11 is 4.14. The Kier molecular flexibility index (Phi) is 7.85. The molecule has 0 radical (unpaired) electrons. The molecule has 0 heterocycles. The largest absolute Gasteiger partial charge is 0.508 e. The second-order valence-corrected chi connectivity index (χ2v) is 11.1. The monoisotopic (exact) mass is 517 g/mol. The van der Waals surface area contributed by atoms with Gasteiger partial charge in [-0.2, -0.15) is 25.8 Å². The second kappa shape index (κ2) is 10.1. The molecule has 12 heteroatoms. The van der Waals surface area contributed by atoms with E-state index in [1.165, 1.54) is 0 Å². The number of alkyl halides is 3. The van der Waals surface area contributed by atoms with E-state index in [9.17, 15) is 31.5 Å². The van der Waals surface area contributed by atoms with Crippen molar-refractivity contribution in [2.45, 2.75) is 47.8 Å². The Bertz CT molecular complexity index is 1090. The summed E-state index contributed by atoms with van der Waals surface area (Å²) in [5.41, 5.74) is 5.07. The molecule has 1 saturated carbocycles. The summed E-state index contributed by atoms with van der Waals surface area (Å²) in [4.78, 5) is 13.0. The smallest absolute Gasteiger partial charge is 0.407 e. The number of hydrogen-bond donors (Lipinski definition) is 5. The lowest BCUT2D eigenvalue weighted by Crippen LogP contribution is -2.57. The van der Waals surface area contributed by atoms with Crippen molar-refractivity contribution >= 4 is 28.4 Å². The predicted octanol–water partition coefficient (Wildman–Crippen LogP) is 2.43. The fourth-order valence-corrected chi connectivity index (χ4v) is 5.45. The van der Waals surface area contributed by atoms with Crippen LogP contribution in [0.4, 0.5) is 13.2 Å². The van der Waals surface area contributed by atoms with E-state index in [1.54, 1.807) is 30.3 Å². The van der Waals surface area contributed by atoms with Crippen LogP contribution in [0, 0.1) is 0 Å². The minimum atomic E-state index is -4.85. The molecule has 1 aliphatic rings. The molecule has 7 nitrogen and oxygen atoms in total. The van der Waals surface area contributed by atoms with Crippen molar-refractivity contribution in [1.29, 1.82) is 0 Å². The number of hydrogen-bond acceptors (Lipinski definition) is 7. The SMILES string of the molecule is N[C@H](S)C1(NC(=O)[C@H](CS(=O)(=O)Cc2ccccc2)N[C@@H](c2ccc(O)cc2)C(F)(F)F)CC1. The molecule has 34 heavy (non-hydrogen) atoms. The van der Waals surface area contributed by atoms with Crippen molar-refractivity contribution in [2.75, 3.05) is 5.75 Å². The van der Waals surface area contributed by atoms with E-state index in [0.717, 1.165) is 24.3 Å². The fraction of sp³-hybridized carbons (Fsp3) is 0.409. The van der Waals surface area contributed by atoms with E-state index >= 15 is 0 Å². The number of thiol groups is 1. The average molecular weight is 518 g/mol. The highest BCUT2D eigenvalue weighted by atomic mass is 32.2. The maximum atomic E-state index is 13.9. The third-order valence-corrected chi connectivity index (χ3v) is 7.72. The number of nitrogens with two attached hydrogens (primary N) is 1. The number of carbonyl (C=O) groups excluding carboxylic acids is 1. The van der Waals surface area contributed by atoms with E-state index in [4.69, 9.17) is 5.73 Å². The summed E-state index contributed by atoms with van der Waals surface area (Å²) in [6, 6.07) is 8.34. The molecule has 1 fully saturated rings. The Labute approximate surface area is 201 Å². The minimum Gasteiger partial charge on any atom is -0.508 e. The van der Waals surface area contributed by atoms with Gasteiger partial charge in [-0.3, -0.25) is 10.1 Å². The van der Waals surface area contributed by atoms with E-state index in [0.29, 0.717) is 18.4 Å². The number of rotatable bonds is 10. The van der Waals surface area contributed by atoms with Gasteiger partial charge >= 0.3 is 6.18 Å². The molecule has 3 rings (SSSR count). The third-order valence-electron chi connectivity index (χ3n) is 5.62. The van der Waals surface area contributed by atoms with Gasteiger partial charge in [0, 0.05) is 0 Å². The van der Waals surface area contributed by atoms with Crippen LogP contribution in [0.2, 0.25) is 0 Å². The predicted molar refractivity (Wildman–Crippen MR) is 125 cm³/mol. The number of aromatic hydroxyl groups is 1. The van der Waals surface area contributed by atoms with Crippen LogP contribution in [0.1, 0.15) is 30.0 Å². The van der Waals surface area contributed by atoms with Gasteiger partial charge in [-0.15, -0.1) is 0 Å². The van der Waals surface area contributed by atoms with Gasteiger partial charge in [0.25, 0.3) is 0 Å². The first-order chi connectivity index (χ1) is 15.8. The maximum absolute atomic E-state index is 13.9. The number of halogens is 3. The molecule has 0 unspecified atom stereocenters. The summed E-state index contributed by atoms with van der Waals surface area (Å²) in [5.74, 6) is -2.45. The molecule has 1 amide bonds. The van der Waals surface area contributed by atoms with Gasteiger partial charge < -0.3 is 16.2 Å². The lowest BCUT2D eigenvalue weighted by atomic mass is 10.0. The third kappa shape index (κ3) is 6.87. The van der Waals surface area contributed by atoms with Crippen LogP contribution in [0.15, 0.2) is 54.6 Å². The molecular formula is C22H26F3N3O4S2. The topological polar surface area (TPSA) is 122 Å². The van der Waals surface area contributed by atoms with E-state index in [-0.39, 0.29) is 11.3 Å². The molecule has 1 aliphatic carbocycles. The standard InChI is InChI=1S/C22H26F3N3O4S2/c23-22(24,25)18(15-6-8-16(29)9-7-15)27-17(19(30)28-21(10-11-21)20(26)33)13-34(31,32)12-14-4-2-1-3-5-14/h1-9,17-18,20,27,29,33H,10-13,26H2,(H,28,30)/t17-,18-,20+/m0/s1. The second-order valence-electron chi connectivity index (χ2n) is 8.42. The molecule has 3 atom stereocenters. The number of nitrogens with one attached hydrogen (secondary N) is 2. The first-order valence-corrected chi connectivity index (χ1v) is 12.8. The highest BCUT2D eigenvalue weighted by Gasteiger charge is 2.50. The van der Waals surface area contributed by atoms with Gasteiger partial charge in [-0.25, -0.2) is 8.42 Å². The first kappa shape index (κ1) is 26.3. The zero-order valence-electron chi connectivity index (χ0n) is 18.0. The minimum absolute atomic E-state index is 0.233. The molecule has 2 aromatic carbocycles. The number of amides is 1. The Morgan fingerprint density at radius 2 is 1.71 bits per heavy atom. The van der Waals surface area contributed by atoms with Crippen LogP contribution in [-0.4, -0.2) is 48.3 Å². The molecule has 0 bridgehead atoms. The molecule has 186 valence electrons. The summed E-state index contributed by atoms with van der Waals surface area (Å²) in [7, 11) is -4.00. The van der Waals surface area contributed by atoms with E-state index < -0.39 is 56.4 Å². The van der Waals surface area contributed by atoms with Gasteiger partial charge in [0.05, 0.1) is 22.4 Å². The number of phenols is 1. The fourth-order valence-electron chi connectivity index (χ4n) is 3.55. The van der Waals surface area contributed by atoms with Crippen molar-refractivity contribution in [2.24, 2.45) is 5.73 Å². The molecular weight excluding hydrogens is 491 g/mol. The zero-order chi connectivity index (χ0) is 25.1. The highest BCUT2D eigenvalue weighted by molar-refractivity contribution is 7.90. The van der Waals surface area contributed by atoms with Crippen LogP contribution in [-0.2, 0) is 20.4 Å². The highest BCUT2D eigenvalue weighted by Crippen LogP contribution is 2.39. The van der Waals surface area contributed by atoms with Crippen LogP contribution in [0.25, 0.3) is 0 Å². The molecule has 0 aromatic heterocycles. The van der Waals surface area contributed by atoms with Gasteiger partial charge in [-0.05, 0) is 36.1 Å². The normalized spacial score (nSPS) is 18.0. The summed E-state index contributed by atoms with van der Waals surface area (Å²) < 4.78 is 67.6. The molecule has 0 aliphatic heterocycles. The van der Waals surface area contributed by atoms with Crippen molar-refractivity contribution in [3.63, 3.8) is 0 Å². The quantitative estimate of drug-likeness (QED) is 0.244. The summed E-state index contributed by atoms with van der Waals surface area (Å²) in [6.45, 7) is 0.